The number of rotatable bonds is 3. The first-order valence-electron chi connectivity index (χ1n) is 7.22. The average Bonchev–Trinajstić information content (AvgIpc) is 3.01. The molecule has 0 aliphatic heterocycles. The van der Waals surface area contributed by atoms with Gasteiger partial charge in [-0.3, -0.25) is 0 Å². The topological polar surface area (TPSA) is 52.3 Å². The van der Waals surface area contributed by atoms with Crippen molar-refractivity contribution in [3.63, 3.8) is 0 Å². The van der Waals surface area contributed by atoms with Gasteiger partial charge in [0, 0.05) is 12.1 Å². The smallest absolute Gasteiger partial charge is 0.237 e. The van der Waals surface area contributed by atoms with Gasteiger partial charge in [-0.05, 0) is 30.3 Å². The minimum Gasteiger partial charge on any atom is -0.434 e. The van der Waals surface area contributed by atoms with E-state index in [1.807, 2.05) is 0 Å². The van der Waals surface area contributed by atoms with Gasteiger partial charge in [-0.1, -0.05) is 12.1 Å². The van der Waals surface area contributed by atoms with Crippen molar-refractivity contribution >= 4 is 5.65 Å². The lowest BCUT2D eigenvalue weighted by molar-refractivity contribution is 0.417. The Kier molecular flexibility index (Phi) is 3.57. The summed E-state index contributed by atoms with van der Waals surface area (Å²) < 4.78 is 47.3. The van der Waals surface area contributed by atoms with Crippen molar-refractivity contribution in [3.05, 3.63) is 72.0 Å². The third-order valence-corrected chi connectivity index (χ3v) is 3.46. The molecule has 0 radical (unpaired) electrons. The Morgan fingerprint density at radius 3 is 2.48 bits per heavy atom. The zero-order valence-corrected chi connectivity index (χ0v) is 12.5. The van der Waals surface area contributed by atoms with Crippen LogP contribution < -0.4 is 4.74 Å². The van der Waals surface area contributed by atoms with E-state index < -0.39 is 17.5 Å². The van der Waals surface area contributed by atoms with Gasteiger partial charge >= 0.3 is 0 Å². The fourth-order valence-electron chi connectivity index (χ4n) is 2.31. The van der Waals surface area contributed by atoms with Crippen LogP contribution in [0.4, 0.5) is 13.2 Å². The second-order valence-electron chi connectivity index (χ2n) is 5.12. The molecule has 0 N–H and O–H groups in total. The van der Waals surface area contributed by atoms with Crippen LogP contribution in [0.5, 0.6) is 11.6 Å². The second kappa shape index (κ2) is 5.90. The highest BCUT2D eigenvalue weighted by molar-refractivity contribution is 5.59. The molecule has 0 saturated heterocycles. The molecule has 0 aliphatic rings. The van der Waals surface area contributed by atoms with Gasteiger partial charge in [0.1, 0.15) is 11.6 Å². The highest BCUT2D eigenvalue weighted by atomic mass is 19.1. The molecule has 0 bridgehead atoms. The van der Waals surface area contributed by atoms with Crippen molar-refractivity contribution in [2.24, 2.45) is 0 Å². The quantitative estimate of drug-likeness (QED) is 0.565. The molecule has 2 aromatic carbocycles. The van der Waals surface area contributed by atoms with Crippen LogP contribution in [0.15, 0.2) is 54.6 Å². The van der Waals surface area contributed by atoms with Crippen LogP contribution in [0, 0.1) is 17.5 Å². The molecule has 25 heavy (non-hydrogen) atoms. The number of hydrogen-bond acceptors (Lipinski definition) is 4. The van der Waals surface area contributed by atoms with Gasteiger partial charge in [-0.25, -0.2) is 13.2 Å². The van der Waals surface area contributed by atoms with Gasteiger partial charge < -0.3 is 4.74 Å². The minimum absolute atomic E-state index is 0.0235. The standard InChI is InChI=1S/C17H9F3N4O/c18-10-5-6-14(13(20)9-10)25-16-8-7-15-21-22-17(24(15)23-16)11-3-1-2-4-12(11)19/h1-9H. The first-order valence-corrected chi connectivity index (χ1v) is 7.22. The number of nitrogens with zero attached hydrogens (tertiary/aromatic N) is 4. The summed E-state index contributed by atoms with van der Waals surface area (Å²) in [6.07, 6.45) is 0. The molecule has 0 spiro atoms. The van der Waals surface area contributed by atoms with Crippen molar-refractivity contribution in [1.29, 1.82) is 0 Å². The zero-order valence-electron chi connectivity index (χ0n) is 12.5. The predicted octanol–water partition coefficient (Wildman–Crippen LogP) is 4.00. The number of aromatic nitrogens is 4. The van der Waals surface area contributed by atoms with Crippen molar-refractivity contribution in [2.45, 2.75) is 0 Å². The lowest BCUT2D eigenvalue weighted by Gasteiger charge is -2.06. The monoisotopic (exact) mass is 342 g/mol. The fraction of sp³-hybridized carbons (Fsp3) is 0. The first kappa shape index (κ1) is 15.1. The maximum atomic E-state index is 14.0. The third kappa shape index (κ3) is 2.78. The Morgan fingerprint density at radius 1 is 0.840 bits per heavy atom. The van der Waals surface area contributed by atoms with E-state index in [-0.39, 0.29) is 23.0 Å². The van der Waals surface area contributed by atoms with E-state index in [2.05, 4.69) is 15.3 Å². The molecular formula is C17H9F3N4O. The van der Waals surface area contributed by atoms with Crippen LogP contribution in [0.1, 0.15) is 0 Å². The zero-order chi connectivity index (χ0) is 17.4. The van der Waals surface area contributed by atoms with E-state index >= 15 is 0 Å². The molecule has 4 aromatic rings. The summed E-state index contributed by atoms with van der Waals surface area (Å²) >= 11 is 0. The Labute approximate surface area is 139 Å². The maximum Gasteiger partial charge on any atom is 0.237 e. The van der Waals surface area contributed by atoms with E-state index in [1.54, 1.807) is 24.3 Å². The van der Waals surface area contributed by atoms with Crippen LogP contribution in [-0.2, 0) is 0 Å². The van der Waals surface area contributed by atoms with E-state index in [4.69, 9.17) is 4.74 Å². The van der Waals surface area contributed by atoms with Gasteiger partial charge in [0.15, 0.2) is 23.0 Å². The Bertz CT molecular complexity index is 1080. The summed E-state index contributed by atoms with van der Waals surface area (Å²) in [5, 5.41) is 12.0. The number of halogens is 3. The molecule has 2 aromatic heterocycles. The van der Waals surface area contributed by atoms with E-state index in [9.17, 15) is 13.2 Å². The van der Waals surface area contributed by atoms with Crippen molar-refractivity contribution in [2.75, 3.05) is 0 Å². The molecule has 0 amide bonds. The Hall–Kier alpha value is -3.42. The molecule has 0 fully saturated rings. The van der Waals surface area contributed by atoms with Gasteiger partial charge in [0.05, 0.1) is 5.56 Å². The minimum atomic E-state index is -0.861. The first-order chi connectivity index (χ1) is 12.1. The number of hydrogen-bond donors (Lipinski definition) is 0. The van der Waals surface area contributed by atoms with Crippen molar-refractivity contribution in [3.8, 4) is 23.0 Å². The van der Waals surface area contributed by atoms with E-state index in [0.29, 0.717) is 11.7 Å². The molecule has 8 heteroatoms. The van der Waals surface area contributed by atoms with Crippen LogP contribution in [-0.4, -0.2) is 19.8 Å². The normalized spacial score (nSPS) is 11.0. The highest BCUT2D eigenvalue weighted by Gasteiger charge is 2.14. The molecular weight excluding hydrogens is 333 g/mol. The van der Waals surface area contributed by atoms with Crippen LogP contribution in [0.25, 0.3) is 17.0 Å². The summed E-state index contributed by atoms with van der Waals surface area (Å²) in [5.41, 5.74) is 0.581. The van der Waals surface area contributed by atoms with Gasteiger partial charge in [-0.15, -0.1) is 15.3 Å². The lowest BCUT2D eigenvalue weighted by Crippen LogP contribution is -1.99. The third-order valence-electron chi connectivity index (χ3n) is 3.46. The average molecular weight is 342 g/mol. The highest BCUT2D eigenvalue weighted by Crippen LogP contribution is 2.25. The summed E-state index contributed by atoms with van der Waals surface area (Å²) in [7, 11) is 0. The Balaban J connectivity index is 1.77. The summed E-state index contributed by atoms with van der Waals surface area (Å²) in [6, 6.07) is 12.0. The molecule has 0 atom stereocenters. The van der Waals surface area contributed by atoms with Crippen LogP contribution in [0.3, 0.4) is 0 Å². The Morgan fingerprint density at radius 2 is 1.68 bits per heavy atom. The van der Waals surface area contributed by atoms with Gasteiger partial charge in [0.2, 0.25) is 5.88 Å². The van der Waals surface area contributed by atoms with Gasteiger partial charge in [-0.2, -0.15) is 4.52 Å². The van der Waals surface area contributed by atoms with Crippen LogP contribution in [0.2, 0.25) is 0 Å². The number of benzene rings is 2. The SMILES string of the molecule is Fc1ccc(Oc2ccc3nnc(-c4ccccc4F)n3n2)c(F)c1. The maximum absolute atomic E-state index is 14.0. The summed E-state index contributed by atoms with van der Waals surface area (Å²) in [5.74, 6) is -2.04. The van der Waals surface area contributed by atoms with Crippen molar-refractivity contribution in [1.82, 2.24) is 19.8 Å². The van der Waals surface area contributed by atoms with Gasteiger partial charge in [0.25, 0.3) is 0 Å². The molecule has 0 unspecified atom stereocenters. The predicted molar refractivity (Wildman–Crippen MR) is 82.6 cm³/mol. The lowest BCUT2D eigenvalue weighted by atomic mass is 10.2. The molecule has 2 heterocycles. The van der Waals surface area contributed by atoms with Crippen LogP contribution >= 0.6 is 0 Å². The molecule has 0 aliphatic carbocycles. The molecule has 124 valence electrons. The summed E-state index contributed by atoms with van der Waals surface area (Å²) in [4.78, 5) is 0. The second-order valence-corrected chi connectivity index (χ2v) is 5.12. The van der Waals surface area contributed by atoms with E-state index in [0.717, 1.165) is 12.1 Å². The molecule has 4 rings (SSSR count). The van der Waals surface area contributed by atoms with Crippen molar-refractivity contribution < 1.29 is 17.9 Å². The number of ether oxygens (including phenoxy) is 1. The largest absolute Gasteiger partial charge is 0.434 e. The van der Waals surface area contributed by atoms with E-state index in [1.165, 1.54) is 16.6 Å². The molecule has 0 saturated carbocycles. The summed E-state index contributed by atoms with van der Waals surface area (Å²) in [6.45, 7) is 0. The fourth-order valence-corrected chi connectivity index (χ4v) is 2.31. The molecule has 5 nitrogen and oxygen atoms in total. The number of fused-ring (bicyclic) bond motifs is 1.